The second-order valence-corrected chi connectivity index (χ2v) is 4.75. The van der Waals surface area contributed by atoms with Gasteiger partial charge in [0.15, 0.2) is 0 Å². The molecular formula is C15H27N. The average molecular weight is 221 g/mol. The molecule has 1 rings (SSSR count). The van der Waals surface area contributed by atoms with Crippen LogP contribution in [0.25, 0.3) is 0 Å². The molecule has 0 aromatic rings. The summed E-state index contributed by atoms with van der Waals surface area (Å²) in [4.78, 5) is 0. The van der Waals surface area contributed by atoms with Crippen molar-refractivity contribution in [1.82, 2.24) is 5.32 Å². The number of hydrogen-bond donors (Lipinski definition) is 1. The third kappa shape index (κ3) is 5.50. The second-order valence-electron chi connectivity index (χ2n) is 4.75. The van der Waals surface area contributed by atoms with Gasteiger partial charge in [0.05, 0.1) is 0 Å². The Morgan fingerprint density at radius 3 is 3.00 bits per heavy atom. The average Bonchev–Trinajstić information content (AvgIpc) is 2.57. The SMILES string of the molecule is CCCNCC/C=C(/C)C1=CCCCCC1. The number of rotatable bonds is 6. The van der Waals surface area contributed by atoms with Gasteiger partial charge >= 0.3 is 0 Å². The van der Waals surface area contributed by atoms with Gasteiger partial charge in [0.25, 0.3) is 0 Å². The summed E-state index contributed by atoms with van der Waals surface area (Å²) in [5.74, 6) is 0. The third-order valence-electron chi connectivity index (χ3n) is 3.25. The highest BCUT2D eigenvalue weighted by Crippen LogP contribution is 2.23. The molecule has 0 aliphatic heterocycles. The van der Waals surface area contributed by atoms with Crippen LogP contribution in [-0.4, -0.2) is 13.1 Å². The number of allylic oxidation sites excluding steroid dienone is 3. The van der Waals surface area contributed by atoms with Crippen LogP contribution in [0.15, 0.2) is 23.3 Å². The molecule has 0 bridgehead atoms. The van der Waals surface area contributed by atoms with Gasteiger partial charge in [-0.05, 0) is 64.1 Å². The van der Waals surface area contributed by atoms with Crippen LogP contribution in [0.4, 0.5) is 0 Å². The fraction of sp³-hybridized carbons (Fsp3) is 0.733. The lowest BCUT2D eigenvalue weighted by atomic mass is 10.0. The Balaban J connectivity index is 2.28. The van der Waals surface area contributed by atoms with Gasteiger partial charge in [0, 0.05) is 0 Å². The van der Waals surface area contributed by atoms with Crippen LogP contribution in [0.3, 0.4) is 0 Å². The standard InChI is InChI=1S/C15H27N/c1-3-12-16-13-8-9-14(2)15-10-6-4-5-7-11-15/h9-10,16H,3-8,11-13H2,1-2H3/b14-9-. The minimum Gasteiger partial charge on any atom is -0.316 e. The summed E-state index contributed by atoms with van der Waals surface area (Å²) < 4.78 is 0. The third-order valence-corrected chi connectivity index (χ3v) is 3.25. The Hall–Kier alpha value is -0.560. The molecule has 16 heavy (non-hydrogen) atoms. The molecular weight excluding hydrogens is 194 g/mol. The molecule has 0 heterocycles. The van der Waals surface area contributed by atoms with E-state index in [0.29, 0.717) is 0 Å². The topological polar surface area (TPSA) is 12.0 Å². The van der Waals surface area contributed by atoms with Crippen molar-refractivity contribution < 1.29 is 0 Å². The van der Waals surface area contributed by atoms with E-state index in [1.807, 2.05) is 0 Å². The number of nitrogens with one attached hydrogen (secondary N) is 1. The molecule has 0 unspecified atom stereocenters. The second kappa shape index (κ2) is 8.58. The normalized spacial score (nSPS) is 18.1. The molecule has 1 N–H and O–H groups in total. The van der Waals surface area contributed by atoms with Gasteiger partial charge in [0.2, 0.25) is 0 Å². The monoisotopic (exact) mass is 221 g/mol. The molecule has 0 aromatic carbocycles. The maximum absolute atomic E-state index is 3.44. The zero-order valence-corrected chi connectivity index (χ0v) is 11.0. The molecule has 1 aliphatic rings. The Bertz CT molecular complexity index is 238. The van der Waals surface area contributed by atoms with Gasteiger partial charge in [0.1, 0.15) is 0 Å². The first kappa shape index (κ1) is 13.5. The molecule has 1 aliphatic carbocycles. The van der Waals surface area contributed by atoms with Gasteiger partial charge in [-0.25, -0.2) is 0 Å². The highest BCUT2D eigenvalue weighted by atomic mass is 14.8. The molecule has 0 radical (unpaired) electrons. The highest BCUT2D eigenvalue weighted by molar-refractivity contribution is 5.29. The van der Waals surface area contributed by atoms with Crippen molar-refractivity contribution in [3.63, 3.8) is 0 Å². The zero-order valence-electron chi connectivity index (χ0n) is 11.0. The Labute approximate surface area is 101 Å². The maximum Gasteiger partial charge on any atom is -0.00141 e. The summed E-state index contributed by atoms with van der Waals surface area (Å²) in [5, 5.41) is 3.44. The van der Waals surface area contributed by atoms with Crippen LogP contribution in [-0.2, 0) is 0 Å². The largest absolute Gasteiger partial charge is 0.316 e. The molecule has 0 fully saturated rings. The molecule has 0 spiro atoms. The van der Waals surface area contributed by atoms with Crippen LogP contribution in [0.1, 0.15) is 58.8 Å². The zero-order chi connectivity index (χ0) is 11.6. The van der Waals surface area contributed by atoms with Crippen LogP contribution in [0, 0.1) is 0 Å². The van der Waals surface area contributed by atoms with Crippen molar-refractivity contribution in [2.75, 3.05) is 13.1 Å². The Kier molecular flexibility index (Phi) is 7.24. The van der Waals surface area contributed by atoms with Crippen LogP contribution in [0.5, 0.6) is 0 Å². The van der Waals surface area contributed by atoms with Crippen molar-refractivity contribution in [3.8, 4) is 0 Å². The summed E-state index contributed by atoms with van der Waals surface area (Å²) >= 11 is 0. The van der Waals surface area contributed by atoms with Crippen molar-refractivity contribution in [2.24, 2.45) is 0 Å². The maximum atomic E-state index is 3.44. The highest BCUT2D eigenvalue weighted by Gasteiger charge is 2.03. The van der Waals surface area contributed by atoms with Crippen LogP contribution >= 0.6 is 0 Å². The summed E-state index contributed by atoms with van der Waals surface area (Å²) in [7, 11) is 0. The van der Waals surface area contributed by atoms with E-state index in [1.165, 1.54) is 50.5 Å². The van der Waals surface area contributed by atoms with Crippen molar-refractivity contribution >= 4 is 0 Å². The minimum absolute atomic E-state index is 1.12. The van der Waals surface area contributed by atoms with E-state index < -0.39 is 0 Å². The molecule has 0 atom stereocenters. The summed E-state index contributed by atoms with van der Waals surface area (Å²) in [5.41, 5.74) is 3.12. The lowest BCUT2D eigenvalue weighted by Gasteiger charge is -2.06. The first-order valence-corrected chi connectivity index (χ1v) is 6.91. The predicted octanol–water partition coefficient (Wildman–Crippen LogP) is 4.21. The molecule has 0 aromatic heterocycles. The van der Waals surface area contributed by atoms with Crippen molar-refractivity contribution in [1.29, 1.82) is 0 Å². The van der Waals surface area contributed by atoms with E-state index in [4.69, 9.17) is 0 Å². The van der Waals surface area contributed by atoms with Crippen molar-refractivity contribution in [2.45, 2.75) is 58.8 Å². The van der Waals surface area contributed by atoms with E-state index in [2.05, 4.69) is 31.3 Å². The van der Waals surface area contributed by atoms with Crippen LogP contribution in [0.2, 0.25) is 0 Å². The Morgan fingerprint density at radius 1 is 1.31 bits per heavy atom. The van der Waals surface area contributed by atoms with Crippen LogP contribution < -0.4 is 5.32 Å². The summed E-state index contributed by atoms with van der Waals surface area (Å²) in [6.45, 7) is 6.76. The fourth-order valence-corrected chi connectivity index (χ4v) is 2.20. The van der Waals surface area contributed by atoms with Crippen molar-refractivity contribution in [3.05, 3.63) is 23.3 Å². The molecule has 0 saturated carbocycles. The van der Waals surface area contributed by atoms with E-state index >= 15 is 0 Å². The summed E-state index contributed by atoms with van der Waals surface area (Å²) in [6, 6.07) is 0. The van der Waals surface area contributed by atoms with E-state index in [9.17, 15) is 0 Å². The summed E-state index contributed by atoms with van der Waals surface area (Å²) in [6.07, 6.45) is 14.0. The molecule has 0 saturated heterocycles. The first-order valence-electron chi connectivity index (χ1n) is 6.91. The predicted molar refractivity (Wildman–Crippen MR) is 72.7 cm³/mol. The molecule has 92 valence electrons. The molecule has 1 nitrogen and oxygen atoms in total. The van der Waals surface area contributed by atoms with Gasteiger partial charge in [-0.3, -0.25) is 0 Å². The van der Waals surface area contributed by atoms with E-state index in [0.717, 1.165) is 13.1 Å². The van der Waals surface area contributed by atoms with Gasteiger partial charge in [-0.15, -0.1) is 0 Å². The molecule has 0 amide bonds. The first-order chi connectivity index (χ1) is 7.84. The van der Waals surface area contributed by atoms with Gasteiger partial charge in [-0.2, -0.15) is 0 Å². The fourth-order valence-electron chi connectivity index (χ4n) is 2.20. The van der Waals surface area contributed by atoms with Gasteiger partial charge < -0.3 is 5.32 Å². The van der Waals surface area contributed by atoms with Gasteiger partial charge in [-0.1, -0.05) is 31.1 Å². The van der Waals surface area contributed by atoms with E-state index in [-0.39, 0.29) is 0 Å². The lowest BCUT2D eigenvalue weighted by Crippen LogP contribution is -2.15. The molecule has 1 heteroatoms. The number of hydrogen-bond acceptors (Lipinski definition) is 1. The lowest BCUT2D eigenvalue weighted by molar-refractivity contribution is 0.677. The minimum atomic E-state index is 1.12. The smallest absolute Gasteiger partial charge is 0.00141 e. The Morgan fingerprint density at radius 2 is 2.19 bits per heavy atom. The van der Waals surface area contributed by atoms with E-state index in [1.54, 1.807) is 5.57 Å². The quantitative estimate of drug-likeness (QED) is 0.662.